The lowest BCUT2D eigenvalue weighted by Gasteiger charge is -2.14. The zero-order valence-corrected chi connectivity index (χ0v) is 8.59. The Morgan fingerprint density at radius 1 is 1.15 bits per heavy atom. The van der Waals surface area contributed by atoms with Gasteiger partial charge in [0, 0.05) is 0 Å². The molecule has 2 rings (SSSR count). The summed E-state index contributed by atoms with van der Waals surface area (Å²) in [6, 6.07) is 0. The molecule has 0 aromatic carbocycles. The third-order valence-electron chi connectivity index (χ3n) is 2.03. The molecule has 0 aliphatic carbocycles. The fourth-order valence-electron chi connectivity index (χ4n) is 1.39. The predicted octanol–water partition coefficient (Wildman–Crippen LogP) is 1.75. The predicted molar refractivity (Wildman–Crippen MR) is 54.7 cm³/mol. The van der Waals surface area contributed by atoms with Gasteiger partial charge in [-0.05, 0) is 41.7 Å². The standard InChI is InChI=1S/C8H9NO2S2/c10-7-6(13-8(11)9-7)5-1-3-12-4-2-5/h1-4H2,(H,9,10,11). The second-order valence-electron chi connectivity index (χ2n) is 2.89. The average Bonchev–Trinajstić information content (AvgIpc) is 2.47. The monoisotopic (exact) mass is 215 g/mol. The van der Waals surface area contributed by atoms with Crippen LogP contribution in [0.2, 0.25) is 0 Å². The highest BCUT2D eigenvalue weighted by atomic mass is 32.2. The van der Waals surface area contributed by atoms with Crippen LogP contribution in [-0.2, 0) is 4.79 Å². The van der Waals surface area contributed by atoms with Gasteiger partial charge in [-0.3, -0.25) is 14.9 Å². The van der Waals surface area contributed by atoms with E-state index in [1.54, 1.807) is 0 Å². The van der Waals surface area contributed by atoms with E-state index in [0.29, 0.717) is 4.91 Å². The second kappa shape index (κ2) is 3.75. The van der Waals surface area contributed by atoms with Gasteiger partial charge < -0.3 is 0 Å². The molecule has 0 saturated carbocycles. The molecule has 2 heterocycles. The lowest BCUT2D eigenvalue weighted by atomic mass is 10.1. The van der Waals surface area contributed by atoms with Gasteiger partial charge in [0.1, 0.15) is 0 Å². The maximum absolute atomic E-state index is 11.3. The molecule has 3 nitrogen and oxygen atoms in total. The molecule has 5 heteroatoms. The van der Waals surface area contributed by atoms with Crippen molar-refractivity contribution in [1.82, 2.24) is 5.32 Å². The van der Waals surface area contributed by atoms with E-state index < -0.39 is 0 Å². The van der Waals surface area contributed by atoms with E-state index in [-0.39, 0.29) is 11.1 Å². The maximum Gasteiger partial charge on any atom is 0.290 e. The molecule has 0 radical (unpaired) electrons. The zero-order valence-electron chi connectivity index (χ0n) is 6.96. The molecule has 2 saturated heterocycles. The van der Waals surface area contributed by atoms with E-state index in [2.05, 4.69) is 5.32 Å². The normalized spacial score (nSPS) is 23.7. The number of nitrogens with one attached hydrogen (secondary N) is 1. The van der Waals surface area contributed by atoms with Crippen molar-refractivity contribution in [2.24, 2.45) is 0 Å². The molecule has 0 unspecified atom stereocenters. The van der Waals surface area contributed by atoms with Crippen LogP contribution in [0, 0.1) is 0 Å². The molecule has 2 aliphatic heterocycles. The fourth-order valence-corrected chi connectivity index (χ4v) is 3.20. The first-order chi connectivity index (χ1) is 6.27. The van der Waals surface area contributed by atoms with Crippen LogP contribution in [0.3, 0.4) is 0 Å². The van der Waals surface area contributed by atoms with Gasteiger partial charge in [0.25, 0.3) is 11.1 Å². The van der Waals surface area contributed by atoms with E-state index >= 15 is 0 Å². The summed E-state index contributed by atoms with van der Waals surface area (Å²) in [6.45, 7) is 0. The smallest absolute Gasteiger partial charge is 0.282 e. The van der Waals surface area contributed by atoms with Gasteiger partial charge in [-0.2, -0.15) is 11.8 Å². The van der Waals surface area contributed by atoms with Gasteiger partial charge in [0.05, 0.1) is 4.91 Å². The Kier molecular flexibility index (Phi) is 2.64. The molecule has 2 fully saturated rings. The first-order valence-corrected chi connectivity index (χ1v) is 6.07. The summed E-state index contributed by atoms with van der Waals surface area (Å²) in [5, 5.41) is 2.05. The highest BCUT2D eigenvalue weighted by Gasteiger charge is 2.28. The van der Waals surface area contributed by atoms with Gasteiger partial charge in [-0.1, -0.05) is 0 Å². The van der Waals surface area contributed by atoms with E-state index in [9.17, 15) is 9.59 Å². The average molecular weight is 215 g/mol. The number of thioether (sulfide) groups is 2. The second-order valence-corrected chi connectivity index (χ2v) is 5.10. The van der Waals surface area contributed by atoms with E-state index in [4.69, 9.17) is 0 Å². The van der Waals surface area contributed by atoms with Gasteiger partial charge in [-0.15, -0.1) is 0 Å². The van der Waals surface area contributed by atoms with Gasteiger partial charge >= 0.3 is 0 Å². The Bertz CT molecular complexity index is 291. The maximum atomic E-state index is 11.3. The van der Waals surface area contributed by atoms with Crippen molar-refractivity contribution in [3.63, 3.8) is 0 Å². The van der Waals surface area contributed by atoms with E-state index in [0.717, 1.165) is 41.7 Å². The first-order valence-electron chi connectivity index (χ1n) is 4.10. The molecule has 0 atom stereocenters. The minimum absolute atomic E-state index is 0.197. The first kappa shape index (κ1) is 9.15. The lowest BCUT2D eigenvalue weighted by molar-refractivity contribution is -0.115. The third kappa shape index (κ3) is 1.91. The van der Waals surface area contributed by atoms with Crippen LogP contribution in [0.4, 0.5) is 4.79 Å². The minimum atomic E-state index is -0.231. The Labute approximate surface area is 84.7 Å². The summed E-state index contributed by atoms with van der Waals surface area (Å²) >= 11 is 2.95. The van der Waals surface area contributed by atoms with Crippen LogP contribution >= 0.6 is 23.5 Å². The largest absolute Gasteiger partial charge is 0.290 e. The number of hydrogen-bond acceptors (Lipinski definition) is 4. The Balaban J connectivity index is 2.21. The number of amides is 2. The van der Waals surface area contributed by atoms with Crippen molar-refractivity contribution in [2.45, 2.75) is 12.8 Å². The van der Waals surface area contributed by atoms with Crippen molar-refractivity contribution in [3.05, 3.63) is 10.5 Å². The van der Waals surface area contributed by atoms with Crippen LogP contribution in [0.1, 0.15) is 12.8 Å². The topological polar surface area (TPSA) is 46.2 Å². The SMILES string of the molecule is O=C1NC(=O)C(=C2CCSCC2)S1. The summed E-state index contributed by atoms with van der Waals surface area (Å²) in [5.74, 6) is 1.94. The van der Waals surface area contributed by atoms with E-state index in [1.807, 2.05) is 11.8 Å². The van der Waals surface area contributed by atoms with Crippen molar-refractivity contribution in [1.29, 1.82) is 0 Å². The Morgan fingerprint density at radius 2 is 1.85 bits per heavy atom. The Hall–Kier alpha value is -0.420. The van der Waals surface area contributed by atoms with Crippen molar-refractivity contribution < 1.29 is 9.59 Å². The molecular weight excluding hydrogens is 206 g/mol. The quantitative estimate of drug-likeness (QED) is 0.625. The number of hydrogen-bond donors (Lipinski definition) is 1. The summed E-state index contributed by atoms with van der Waals surface area (Å²) in [6.07, 6.45) is 1.90. The van der Waals surface area contributed by atoms with Gasteiger partial charge in [0.2, 0.25) is 0 Å². The minimum Gasteiger partial charge on any atom is -0.282 e. The number of allylic oxidation sites excluding steroid dienone is 1. The highest BCUT2D eigenvalue weighted by Crippen LogP contribution is 2.33. The summed E-state index contributed by atoms with van der Waals surface area (Å²) in [4.78, 5) is 22.8. The lowest BCUT2D eigenvalue weighted by Crippen LogP contribution is -2.19. The molecule has 2 amide bonds. The van der Waals surface area contributed by atoms with Crippen LogP contribution in [0.25, 0.3) is 0 Å². The highest BCUT2D eigenvalue weighted by molar-refractivity contribution is 8.18. The van der Waals surface area contributed by atoms with Gasteiger partial charge in [0.15, 0.2) is 0 Å². The molecule has 0 spiro atoms. The molecular formula is C8H9NO2S2. The number of carbonyl (C=O) groups excluding carboxylic acids is 2. The van der Waals surface area contributed by atoms with Crippen molar-refractivity contribution in [3.8, 4) is 0 Å². The van der Waals surface area contributed by atoms with Crippen molar-refractivity contribution in [2.75, 3.05) is 11.5 Å². The summed E-state index contributed by atoms with van der Waals surface area (Å²) in [7, 11) is 0. The summed E-state index contributed by atoms with van der Waals surface area (Å²) < 4.78 is 0. The number of carbonyl (C=O) groups is 2. The fraction of sp³-hybridized carbons (Fsp3) is 0.500. The number of imide groups is 1. The molecule has 0 aromatic heterocycles. The molecule has 0 bridgehead atoms. The molecule has 0 aromatic rings. The van der Waals surface area contributed by atoms with Crippen molar-refractivity contribution >= 4 is 34.7 Å². The van der Waals surface area contributed by atoms with Crippen LogP contribution < -0.4 is 5.32 Å². The molecule has 70 valence electrons. The van der Waals surface area contributed by atoms with Crippen LogP contribution in [0.15, 0.2) is 10.5 Å². The third-order valence-corrected chi connectivity index (χ3v) is 3.99. The van der Waals surface area contributed by atoms with Gasteiger partial charge in [-0.25, -0.2) is 0 Å². The summed E-state index contributed by atoms with van der Waals surface area (Å²) in [5.41, 5.74) is 1.16. The van der Waals surface area contributed by atoms with E-state index in [1.165, 1.54) is 0 Å². The van der Waals surface area contributed by atoms with Crippen LogP contribution in [-0.4, -0.2) is 22.7 Å². The Morgan fingerprint density at radius 3 is 2.38 bits per heavy atom. The number of rotatable bonds is 0. The zero-order chi connectivity index (χ0) is 9.26. The molecule has 1 N–H and O–H groups in total. The molecule has 13 heavy (non-hydrogen) atoms. The van der Waals surface area contributed by atoms with Crippen LogP contribution in [0.5, 0.6) is 0 Å². The molecule has 2 aliphatic rings.